The number of hydrogen-bond donors (Lipinski definition) is 2. The molecule has 106 valence electrons. The van der Waals surface area contributed by atoms with E-state index in [0.29, 0.717) is 18.3 Å². The SMILES string of the molecule is N#CC1(c2ccccc2)CC(NCc2ccccc2O)C1. The lowest BCUT2D eigenvalue weighted by molar-refractivity contribution is 0.225. The number of rotatable bonds is 4. The molecule has 0 unspecified atom stereocenters. The molecule has 1 aliphatic rings. The second kappa shape index (κ2) is 5.59. The summed E-state index contributed by atoms with van der Waals surface area (Å²) in [5.41, 5.74) is 1.65. The minimum absolute atomic E-state index is 0.318. The van der Waals surface area contributed by atoms with Gasteiger partial charge in [-0.05, 0) is 24.5 Å². The van der Waals surface area contributed by atoms with Crippen LogP contribution in [0.3, 0.4) is 0 Å². The van der Waals surface area contributed by atoms with Gasteiger partial charge < -0.3 is 10.4 Å². The lowest BCUT2D eigenvalue weighted by Gasteiger charge is -2.43. The maximum atomic E-state index is 9.75. The molecule has 1 aliphatic carbocycles. The quantitative estimate of drug-likeness (QED) is 0.903. The van der Waals surface area contributed by atoms with Gasteiger partial charge in [0, 0.05) is 18.2 Å². The van der Waals surface area contributed by atoms with Gasteiger partial charge in [0.2, 0.25) is 0 Å². The highest BCUT2D eigenvalue weighted by atomic mass is 16.3. The average molecular weight is 278 g/mol. The number of nitrogens with zero attached hydrogens (tertiary/aromatic N) is 1. The zero-order chi connectivity index (χ0) is 14.7. The van der Waals surface area contributed by atoms with Crippen molar-refractivity contribution in [3.8, 4) is 11.8 Å². The molecule has 3 heteroatoms. The van der Waals surface area contributed by atoms with Gasteiger partial charge >= 0.3 is 0 Å². The molecule has 3 nitrogen and oxygen atoms in total. The molecule has 21 heavy (non-hydrogen) atoms. The van der Waals surface area contributed by atoms with E-state index in [2.05, 4.69) is 11.4 Å². The lowest BCUT2D eigenvalue weighted by Crippen LogP contribution is -2.50. The maximum absolute atomic E-state index is 9.75. The van der Waals surface area contributed by atoms with E-state index >= 15 is 0 Å². The van der Waals surface area contributed by atoms with Crippen LogP contribution in [0.15, 0.2) is 54.6 Å². The van der Waals surface area contributed by atoms with Gasteiger partial charge in [0.05, 0.1) is 11.5 Å². The first-order valence-corrected chi connectivity index (χ1v) is 7.20. The van der Waals surface area contributed by atoms with Gasteiger partial charge in [0.15, 0.2) is 0 Å². The van der Waals surface area contributed by atoms with Crippen molar-refractivity contribution in [3.05, 3.63) is 65.7 Å². The molecule has 0 spiro atoms. The highest BCUT2D eigenvalue weighted by molar-refractivity contribution is 5.37. The van der Waals surface area contributed by atoms with E-state index in [4.69, 9.17) is 0 Å². The molecule has 2 aromatic carbocycles. The molecular weight excluding hydrogens is 260 g/mol. The van der Waals surface area contributed by atoms with Crippen molar-refractivity contribution < 1.29 is 5.11 Å². The molecule has 0 saturated heterocycles. The van der Waals surface area contributed by atoms with Crippen LogP contribution in [-0.2, 0) is 12.0 Å². The molecule has 0 aliphatic heterocycles. The lowest BCUT2D eigenvalue weighted by atomic mass is 9.62. The van der Waals surface area contributed by atoms with Crippen molar-refractivity contribution in [1.82, 2.24) is 5.32 Å². The number of hydrogen-bond acceptors (Lipinski definition) is 3. The van der Waals surface area contributed by atoms with E-state index in [1.807, 2.05) is 48.5 Å². The summed E-state index contributed by atoms with van der Waals surface area (Å²) in [5.74, 6) is 0.318. The van der Waals surface area contributed by atoms with E-state index in [-0.39, 0.29) is 5.41 Å². The van der Waals surface area contributed by atoms with Crippen LogP contribution in [0, 0.1) is 11.3 Å². The molecule has 0 heterocycles. The van der Waals surface area contributed by atoms with Crippen molar-refractivity contribution >= 4 is 0 Å². The standard InChI is InChI=1S/C18H18N2O/c19-13-18(15-7-2-1-3-8-15)10-16(11-18)20-12-14-6-4-5-9-17(14)21/h1-9,16,20-21H,10-12H2. The third-order valence-electron chi connectivity index (χ3n) is 4.30. The molecule has 2 aromatic rings. The number of aromatic hydroxyl groups is 1. The number of nitriles is 1. The topological polar surface area (TPSA) is 56.0 Å². The first-order chi connectivity index (χ1) is 10.2. The smallest absolute Gasteiger partial charge is 0.120 e. The summed E-state index contributed by atoms with van der Waals surface area (Å²) in [6.07, 6.45) is 1.64. The minimum Gasteiger partial charge on any atom is -0.508 e. The van der Waals surface area contributed by atoms with Crippen LogP contribution in [0.5, 0.6) is 5.75 Å². The third-order valence-corrected chi connectivity index (χ3v) is 4.30. The van der Waals surface area contributed by atoms with Gasteiger partial charge in [-0.1, -0.05) is 48.5 Å². The Balaban J connectivity index is 1.61. The predicted octanol–water partition coefficient (Wildman–Crippen LogP) is 3.11. The van der Waals surface area contributed by atoms with Crippen LogP contribution in [0.2, 0.25) is 0 Å². The Morgan fingerprint density at radius 2 is 1.76 bits per heavy atom. The molecular formula is C18H18N2O. The van der Waals surface area contributed by atoms with Gasteiger partial charge in [-0.2, -0.15) is 5.26 Å². The van der Waals surface area contributed by atoms with Crippen molar-refractivity contribution in [2.75, 3.05) is 0 Å². The molecule has 1 fully saturated rings. The van der Waals surface area contributed by atoms with Crippen molar-refractivity contribution in [3.63, 3.8) is 0 Å². The fourth-order valence-electron chi connectivity index (χ4n) is 2.99. The van der Waals surface area contributed by atoms with Crippen LogP contribution in [-0.4, -0.2) is 11.1 Å². The fourth-order valence-corrected chi connectivity index (χ4v) is 2.99. The highest BCUT2D eigenvalue weighted by Gasteiger charge is 2.45. The third kappa shape index (κ3) is 2.63. The first kappa shape index (κ1) is 13.7. The molecule has 0 amide bonds. The Hall–Kier alpha value is -2.31. The number of nitrogens with one attached hydrogen (secondary N) is 1. The predicted molar refractivity (Wildman–Crippen MR) is 81.7 cm³/mol. The van der Waals surface area contributed by atoms with E-state index in [0.717, 1.165) is 24.0 Å². The number of phenolic OH excluding ortho intramolecular Hbond substituents is 1. The Bertz CT molecular complexity index is 654. The van der Waals surface area contributed by atoms with Crippen LogP contribution < -0.4 is 5.32 Å². The summed E-state index contributed by atoms with van der Waals surface area (Å²) in [4.78, 5) is 0. The molecule has 0 atom stereocenters. The Morgan fingerprint density at radius 1 is 1.10 bits per heavy atom. The maximum Gasteiger partial charge on any atom is 0.120 e. The number of para-hydroxylation sites is 1. The summed E-state index contributed by atoms with van der Waals surface area (Å²) in [7, 11) is 0. The molecule has 0 aromatic heterocycles. The van der Waals surface area contributed by atoms with Crippen molar-refractivity contribution in [2.45, 2.75) is 30.8 Å². The van der Waals surface area contributed by atoms with E-state index < -0.39 is 0 Å². The zero-order valence-electron chi connectivity index (χ0n) is 11.8. The van der Waals surface area contributed by atoms with Gasteiger partial charge in [-0.3, -0.25) is 0 Å². The number of benzene rings is 2. The molecule has 3 rings (SSSR count). The van der Waals surface area contributed by atoms with Crippen molar-refractivity contribution in [1.29, 1.82) is 5.26 Å². The summed E-state index contributed by atoms with van der Waals surface area (Å²) >= 11 is 0. The first-order valence-electron chi connectivity index (χ1n) is 7.20. The molecule has 2 N–H and O–H groups in total. The Labute approximate surface area is 124 Å². The summed E-state index contributed by atoms with van der Waals surface area (Å²) in [6.45, 7) is 0.633. The van der Waals surface area contributed by atoms with Gasteiger partial charge in [-0.15, -0.1) is 0 Å². The second-order valence-electron chi connectivity index (χ2n) is 5.67. The van der Waals surface area contributed by atoms with Gasteiger partial charge in [0.25, 0.3) is 0 Å². The van der Waals surface area contributed by atoms with Crippen LogP contribution in [0.25, 0.3) is 0 Å². The Kier molecular flexibility index (Phi) is 3.64. The summed E-state index contributed by atoms with van der Waals surface area (Å²) in [5, 5.41) is 22.7. The second-order valence-corrected chi connectivity index (χ2v) is 5.67. The average Bonchev–Trinajstić information content (AvgIpc) is 2.49. The van der Waals surface area contributed by atoms with Crippen molar-refractivity contribution in [2.24, 2.45) is 0 Å². The molecule has 1 saturated carbocycles. The molecule has 0 bridgehead atoms. The highest BCUT2D eigenvalue weighted by Crippen LogP contribution is 2.43. The summed E-state index contributed by atoms with van der Waals surface area (Å²) < 4.78 is 0. The monoisotopic (exact) mass is 278 g/mol. The van der Waals surface area contributed by atoms with E-state index in [1.54, 1.807) is 6.07 Å². The zero-order valence-corrected chi connectivity index (χ0v) is 11.8. The van der Waals surface area contributed by atoms with Crippen LogP contribution in [0.4, 0.5) is 0 Å². The largest absolute Gasteiger partial charge is 0.508 e. The number of phenols is 1. The van der Waals surface area contributed by atoms with Gasteiger partial charge in [0.1, 0.15) is 5.75 Å². The Morgan fingerprint density at radius 3 is 2.43 bits per heavy atom. The van der Waals surface area contributed by atoms with E-state index in [9.17, 15) is 10.4 Å². The summed E-state index contributed by atoms with van der Waals surface area (Å²) in [6, 6.07) is 20.1. The van der Waals surface area contributed by atoms with E-state index in [1.165, 1.54) is 0 Å². The van der Waals surface area contributed by atoms with Gasteiger partial charge in [-0.25, -0.2) is 0 Å². The van der Waals surface area contributed by atoms with Crippen LogP contribution in [0.1, 0.15) is 24.0 Å². The molecule has 0 radical (unpaired) electrons. The normalized spacial score (nSPS) is 24.0. The fraction of sp³-hybridized carbons (Fsp3) is 0.278. The minimum atomic E-state index is -0.350. The van der Waals surface area contributed by atoms with Crippen LogP contribution >= 0.6 is 0 Å².